The Balaban J connectivity index is 1.77. The van der Waals surface area contributed by atoms with Crippen LogP contribution < -0.4 is 5.32 Å². The van der Waals surface area contributed by atoms with E-state index in [-0.39, 0.29) is 5.92 Å². The summed E-state index contributed by atoms with van der Waals surface area (Å²) in [6.07, 6.45) is 2.59. The predicted octanol–water partition coefficient (Wildman–Crippen LogP) is 0.427. The highest BCUT2D eigenvalue weighted by molar-refractivity contribution is 7.91. The van der Waals surface area contributed by atoms with Gasteiger partial charge in [-0.1, -0.05) is 0 Å². The summed E-state index contributed by atoms with van der Waals surface area (Å²) in [6.45, 7) is 4.44. The second-order valence-corrected chi connectivity index (χ2v) is 6.77. The van der Waals surface area contributed by atoms with Crippen LogP contribution >= 0.6 is 0 Å². The molecule has 1 aromatic heterocycles. The highest BCUT2D eigenvalue weighted by Crippen LogP contribution is 2.17. The molecule has 2 rings (SSSR count). The summed E-state index contributed by atoms with van der Waals surface area (Å²) in [5, 5.41) is 7.51. The van der Waals surface area contributed by atoms with Crippen LogP contribution in [0.3, 0.4) is 0 Å². The van der Waals surface area contributed by atoms with Gasteiger partial charge in [0.05, 0.1) is 17.2 Å². The molecule has 0 bridgehead atoms. The van der Waals surface area contributed by atoms with Crippen molar-refractivity contribution in [3.05, 3.63) is 18.0 Å². The van der Waals surface area contributed by atoms with Crippen molar-refractivity contribution in [2.45, 2.75) is 26.4 Å². The Bertz CT molecular complexity index is 467. The molecule has 0 aromatic carbocycles. The minimum absolute atomic E-state index is 0.276. The largest absolute Gasteiger partial charge is 0.311 e. The Morgan fingerprint density at radius 1 is 1.59 bits per heavy atom. The molecule has 0 saturated carbocycles. The number of nitrogens with zero attached hydrogens (tertiary/aromatic N) is 2. The van der Waals surface area contributed by atoms with Crippen molar-refractivity contribution in [1.82, 2.24) is 15.1 Å². The summed E-state index contributed by atoms with van der Waals surface area (Å²) in [4.78, 5) is 0. The minimum atomic E-state index is -2.75. The third kappa shape index (κ3) is 3.29. The van der Waals surface area contributed by atoms with Gasteiger partial charge in [-0.15, -0.1) is 0 Å². The van der Waals surface area contributed by atoms with Crippen molar-refractivity contribution >= 4 is 9.84 Å². The van der Waals surface area contributed by atoms with Gasteiger partial charge >= 0.3 is 0 Å². The fourth-order valence-electron chi connectivity index (χ4n) is 2.23. The molecule has 0 spiro atoms. The maximum absolute atomic E-state index is 11.3. The Morgan fingerprint density at radius 3 is 3.06 bits per heavy atom. The fraction of sp³-hybridized carbons (Fsp3) is 0.727. The smallest absolute Gasteiger partial charge is 0.150 e. The quantitative estimate of drug-likeness (QED) is 0.830. The summed E-state index contributed by atoms with van der Waals surface area (Å²) in [7, 11) is -2.75. The van der Waals surface area contributed by atoms with Crippen molar-refractivity contribution in [2.75, 3.05) is 18.1 Å². The van der Waals surface area contributed by atoms with Gasteiger partial charge in [-0.25, -0.2) is 8.42 Å². The highest BCUT2D eigenvalue weighted by Gasteiger charge is 2.27. The first-order valence-electron chi connectivity index (χ1n) is 6.02. The first kappa shape index (κ1) is 12.6. The number of hydrogen-bond acceptors (Lipinski definition) is 4. The number of aryl methyl sites for hydroxylation is 1. The van der Waals surface area contributed by atoms with E-state index in [1.165, 1.54) is 0 Å². The highest BCUT2D eigenvalue weighted by atomic mass is 32.2. The number of rotatable bonds is 5. The number of sulfone groups is 1. The summed E-state index contributed by atoms with van der Waals surface area (Å²) in [5.74, 6) is 0.970. The Morgan fingerprint density at radius 2 is 2.41 bits per heavy atom. The topological polar surface area (TPSA) is 64.0 Å². The molecule has 1 aromatic rings. The van der Waals surface area contributed by atoms with Gasteiger partial charge in [0.2, 0.25) is 0 Å². The van der Waals surface area contributed by atoms with Crippen molar-refractivity contribution in [1.29, 1.82) is 0 Å². The SMILES string of the molecule is CCn1nccc1CNCC1CCS(=O)(=O)C1. The van der Waals surface area contributed by atoms with Crippen LogP contribution in [-0.2, 0) is 22.9 Å². The van der Waals surface area contributed by atoms with Crippen LogP contribution in [0.4, 0.5) is 0 Å². The van der Waals surface area contributed by atoms with E-state index in [0.29, 0.717) is 11.5 Å². The van der Waals surface area contributed by atoms with Crippen LogP contribution in [0.1, 0.15) is 19.0 Å². The van der Waals surface area contributed by atoms with E-state index < -0.39 is 9.84 Å². The standard InChI is InChI=1S/C11H19N3O2S/c1-2-14-11(3-5-13-14)8-12-7-10-4-6-17(15,16)9-10/h3,5,10,12H,2,4,6-9H2,1H3. The van der Waals surface area contributed by atoms with Crippen LogP contribution in [0, 0.1) is 5.92 Å². The van der Waals surface area contributed by atoms with Gasteiger partial charge in [-0.3, -0.25) is 4.68 Å². The molecule has 17 heavy (non-hydrogen) atoms. The lowest BCUT2D eigenvalue weighted by atomic mass is 10.1. The molecule has 1 saturated heterocycles. The lowest BCUT2D eigenvalue weighted by molar-refractivity contribution is 0.503. The Hall–Kier alpha value is -0.880. The zero-order valence-electron chi connectivity index (χ0n) is 10.1. The lowest BCUT2D eigenvalue weighted by Gasteiger charge is -2.10. The van der Waals surface area contributed by atoms with Crippen molar-refractivity contribution in [3.8, 4) is 0 Å². The molecule has 1 aliphatic rings. The van der Waals surface area contributed by atoms with Gasteiger partial charge in [0.15, 0.2) is 9.84 Å². The van der Waals surface area contributed by atoms with Crippen LogP contribution in [0.25, 0.3) is 0 Å². The molecule has 1 atom stereocenters. The van der Waals surface area contributed by atoms with E-state index in [1.807, 2.05) is 10.7 Å². The predicted molar refractivity (Wildman–Crippen MR) is 66.4 cm³/mol. The number of aromatic nitrogens is 2. The van der Waals surface area contributed by atoms with Crippen molar-refractivity contribution in [3.63, 3.8) is 0 Å². The second kappa shape index (κ2) is 5.18. The summed E-state index contributed by atoms with van der Waals surface area (Å²) >= 11 is 0. The summed E-state index contributed by atoms with van der Waals surface area (Å²) in [5.41, 5.74) is 1.15. The van der Waals surface area contributed by atoms with Crippen LogP contribution in [-0.4, -0.2) is 36.2 Å². The first-order valence-corrected chi connectivity index (χ1v) is 7.84. The summed E-state index contributed by atoms with van der Waals surface area (Å²) in [6, 6.07) is 1.99. The molecule has 1 unspecified atom stereocenters. The molecule has 0 radical (unpaired) electrons. The molecular weight excluding hydrogens is 238 g/mol. The molecule has 0 amide bonds. The van der Waals surface area contributed by atoms with E-state index >= 15 is 0 Å². The third-order valence-electron chi connectivity index (χ3n) is 3.17. The zero-order valence-corrected chi connectivity index (χ0v) is 10.9. The average molecular weight is 257 g/mol. The molecule has 1 N–H and O–H groups in total. The van der Waals surface area contributed by atoms with E-state index in [0.717, 1.165) is 31.7 Å². The fourth-order valence-corrected chi connectivity index (χ4v) is 4.09. The molecule has 96 valence electrons. The van der Waals surface area contributed by atoms with Gasteiger partial charge in [0.1, 0.15) is 0 Å². The molecule has 2 heterocycles. The maximum atomic E-state index is 11.3. The normalized spacial score (nSPS) is 23.0. The van der Waals surface area contributed by atoms with Crippen molar-refractivity contribution < 1.29 is 8.42 Å². The van der Waals surface area contributed by atoms with Gasteiger partial charge in [-0.05, 0) is 31.9 Å². The van der Waals surface area contributed by atoms with Gasteiger partial charge in [-0.2, -0.15) is 5.10 Å². The zero-order chi connectivity index (χ0) is 12.3. The Labute approximate surface area is 102 Å². The monoisotopic (exact) mass is 257 g/mol. The molecule has 1 aliphatic heterocycles. The molecule has 0 aliphatic carbocycles. The maximum Gasteiger partial charge on any atom is 0.150 e. The van der Waals surface area contributed by atoms with Gasteiger partial charge in [0.25, 0.3) is 0 Å². The average Bonchev–Trinajstić information content (AvgIpc) is 2.85. The lowest BCUT2D eigenvalue weighted by Crippen LogP contribution is -2.24. The molecule has 6 heteroatoms. The van der Waals surface area contributed by atoms with Gasteiger partial charge in [0, 0.05) is 19.3 Å². The van der Waals surface area contributed by atoms with Crippen LogP contribution in [0.2, 0.25) is 0 Å². The molecule has 5 nitrogen and oxygen atoms in total. The van der Waals surface area contributed by atoms with E-state index in [2.05, 4.69) is 17.3 Å². The van der Waals surface area contributed by atoms with Crippen LogP contribution in [0.5, 0.6) is 0 Å². The summed E-state index contributed by atoms with van der Waals surface area (Å²) < 4.78 is 24.5. The number of hydrogen-bond donors (Lipinski definition) is 1. The van der Waals surface area contributed by atoms with E-state index in [1.54, 1.807) is 6.20 Å². The molecular formula is C11H19N3O2S. The van der Waals surface area contributed by atoms with E-state index in [4.69, 9.17) is 0 Å². The second-order valence-electron chi connectivity index (χ2n) is 4.54. The minimum Gasteiger partial charge on any atom is -0.311 e. The van der Waals surface area contributed by atoms with Gasteiger partial charge < -0.3 is 5.32 Å². The Kier molecular flexibility index (Phi) is 3.83. The van der Waals surface area contributed by atoms with Crippen LogP contribution in [0.15, 0.2) is 12.3 Å². The number of nitrogens with one attached hydrogen (secondary N) is 1. The van der Waals surface area contributed by atoms with Crippen molar-refractivity contribution in [2.24, 2.45) is 5.92 Å². The first-order chi connectivity index (χ1) is 8.11. The third-order valence-corrected chi connectivity index (χ3v) is 5.01. The van der Waals surface area contributed by atoms with E-state index in [9.17, 15) is 8.42 Å². The molecule has 1 fully saturated rings.